The van der Waals surface area contributed by atoms with Crippen LogP contribution in [0.5, 0.6) is 0 Å². The Balaban J connectivity index is 2.34. The summed E-state index contributed by atoms with van der Waals surface area (Å²) in [4.78, 5) is 0. The molecule has 1 N–H and O–H groups in total. The van der Waals surface area contributed by atoms with Crippen LogP contribution in [0.4, 0.5) is 0 Å². The summed E-state index contributed by atoms with van der Waals surface area (Å²) in [5.74, 6) is 1.13. The summed E-state index contributed by atoms with van der Waals surface area (Å²) in [5.41, 5.74) is 1.28. The Kier molecular flexibility index (Phi) is 5.98. The summed E-state index contributed by atoms with van der Waals surface area (Å²) in [7, 11) is 0. The van der Waals surface area contributed by atoms with E-state index in [4.69, 9.17) is 23.2 Å². The Morgan fingerprint density at radius 3 is 2.60 bits per heavy atom. The van der Waals surface area contributed by atoms with Crippen molar-refractivity contribution in [1.29, 1.82) is 0 Å². The Hall–Kier alpha value is 0.240. The summed E-state index contributed by atoms with van der Waals surface area (Å²) in [6.07, 6.45) is 2.00. The van der Waals surface area contributed by atoms with Gasteiger partial charge < -0.3 is 5.32 Å². The minimum Gasteiger partial charge on any atom is -0.309 e. The smallest absolute Gasteiger partial charge is 0.0451 e. The molecule has 0 saturated heterocycles. The van der Waals surface area contributed by atoms with Gasteiger partial charge in [-0.3, -0.25) is 0 Å². The van der Waals surface area contributed by atoms with Crippen LogP contribution in [0.3, 0.4) is 0 Å². The van der Waals surface area contributed by atoms with Gasteiger partial charge in [-0.2, -0.15) is 11.3 Å². The number of halogens is 2. The van der Waals surface area contributed by atoms with Gasteiger partial charge in [0.1, 0.15) is 0 Å². The van der Waals surface area contributed by atoms with E-state index in [-0.39, 0.29) is 5.54 Å². The highest BCUT2D eigenvalue weighted by molar-refractivity contribution is 7.07. The van der Waals surface area contributed by atoms with Crippen LogP contribution in [0, 0.1) is 0 Å². The van der Waals surface area contributed by atoms with Gasteiger partial charge in [0, 0.05) is 17.3 Å². The van der Waals surface area contributed by atoms with Gasteiger partial charge in [0.05, 0.1) is 0 Å². The monoisotopic (exact) mass is 265 g/mol. The highest BCUT2D eigenvalue weighted by atomic mass is 35.5. The lowest BCUT2D eigenvalue weighted by Gasteiger charge is -2.29. The van der Waals surface area contributed by atoms with Crippen molar-refractivity contribution < 1.29 is 0 Å². The van der Waals surface area contributed by atoms with Crippen LogP contribution in [0.1, 0.15) is 18.9 Å². The van der Waals surface area contributed by atoms with Gasteiger partial charge in [-0.15, -0.1) is 23.2 Å². The van der Waals surface area contributed by atoms with E-state index < -0.39 is 0 Å². The quantitative estimate of drug-likeness (QED) is 0.745. The molecule has 0 bridgehead atoms. The van der Waals surface area contributed by atoms with E-state index in [9.17, 15) is 0 Å². The minimum absolute atomic E-state index is 0.0981. The maximum absolute atomic E-state index is 5.94. The largest absolute Gasteiger partial charge is 0.309 e. The van der Waals surface area contributed by atoms with Crippen LogP contribution >= 0.6 is 34.5 Å². The molecule has 0 saturated carbocycles. The van der Waals surface area contributed by atoms with Crippen molar-refractivity contribution in [1.82, 2.24) is 5.32 Å². The van der Waals surface area contributed by atoms with Crippen molar-refractivity contribution in [2.75, 3.05) is 18.3 Å². The molecule has 0 aliphatic heterocycles. The first-order valence-corrected chi connectivity index (χ1v) is 7.15. The molecule has 4 heteroatoms. The average Bonchev–Trinajstić information content (AvgIpc) is 2.78. The number of hydrogen-bond donors (Lipinski definition) is 1. The van der Waals surface area contributed by atoms with Crippen LogP contribution in [0.15, 0.2) is 16.8 Å². The Morgan fingerprint density at radius 1 is 1.40 bits per heavy atom. The lowest BCUT2D eigenvalue weighted by Crippen LogP contribution is -2.49. The zero-order valence-electron chi connectivity index (χ0n) is 8.93. The molecule has 0 atom stereocenters. The van der Waals surface area contributed by atoms with E-state index >= 15 is 0 Å². The fourth-order valence-corrected chi connectivity index (χ4v) is 2.91. The van der Waals surface area contributed by atoms with Crippen LogP contribution in [-0.4, -0.2) is 23.8 Å². The minimum atomic E-state index is -0.0981. The van der Waals surface area contributed by atoms with Crippen LogP contribution in [0.25, 0.3) is 0 Å². The maximum Gasteiger partial charge on any atom is 0.0451 e. The fourth-order valence-electron chi connectivity index (χ4n) is 1.35. The highest BCUT2D eigenvalue weighted by Gasteiger charge is 2.24. The van der Waals surface area contributed by atoms with Gasteiger partial charge in [0.2, 0.25) is 0 Å². The fraction of sp³-hybridized carbons (Fsp3) is 0.636. The van der Waals surface area contributed by atoms with Crippen molar-refractivity contribution in [3.05, 3.63) is 22.4 Å². The van der Waals surface area contributed by atoms with Crippen molar-refractivity contribution in [2.24, 2.45) is 0 Å². The highest BCUT2D eigenvalue weighted by Crippen LogP contribution is 2.15. The summed E-state index contributed by atoms with van der Waals surface area (Å²) in [6.45, 7) is 3.05. The van der Waals surface area contributed by atoms with Crippen molar-refractivity contribution in [3.63, 3.8) is 0 Å². The Bertz CT molecular complexity index is 249. The molecule has 1 rings (SSSR count). The SMILES string of the molecule is CCC(CCl)(CCl)NCCc1ccsc1. The number of hydrogen-bond acceptors (Lipinski definition) is 2. The molecule has 86 valence electrons. The Morgan fingerprint density at radius 2 is 2.13 bits per heavy atom. The second-order valence-corrected chi connectivity index (χ2v) is 5.02. The molecule has 1 nitrogen and oxygen atoms in total. The third-order valence-electron chi connectivity index (χ3n) is 2.68. The predicted molar refractivity (Wildman–Crippen MR) is 70.5 cm³/mol. The first kappa shape index (κ1) is 13.3. The van der Waals surface area contributed by atoms with Crippen molar-refractivity contribution >= 4 is 34.5 Å². The molecule has 0 spiro atoms. The van der Waals surface area contributed by atoms with Gasteiger partial charge in [-0.25, -0.2) is 0 Å². The second-order valence-electron chi connectivity index (χ2n) is 3.71. The molecule has 15 heavy (non-hydrogen) atoms. The van der Waals surface area contributed by atoms with E-state index in [1.807, 2.05) is 0 Å². The zero-order valence-corrected chi connectivity index (χ0v) is 11.3. The lowest BCUT2D eigenvalue weighted by molar-refractivity contribution is 0.390. The second kappa shape index (κ2) is 6.74. The van der Waals surface area contributed by atoms with Crippen LogP contribution in [-0.2, 0) is 6.42 Å². The molecule has 0 unspecified atom stereocenters. The summed E-state index contributed by atoms with van der Waals surface area (Å²) in [5, 5.41) is 7.74. The van der Waals surface area contributed by atoms with E-state index in [0.717, 1.165) is 19.4 Å². The number of rotatable bonds is 7. The standard InChI is InChI=1S/C11H17Cl2NS/c1-2-11(8-12,9-13)14-5-3-10-4-6-15-7-10/h4,6-7,14H,2-3,5,8-9H2,1H3. The van der Waals surface area contributed by atoms with E-state index in [0.29, 0.717) is 11.8 Å². The van der Waals surface area contributed by atoms with Gasteiger partial charge in [0.25, 0.3) is 0 Å². The van der Waals surface area contributed by atoms with Gasteiger partial charge >= 0.3 is 0 Å². The van der Waals surface area contributed by atoms with Gasteiger partial charge in [-0.1, -0.05) is 6.92 Å². The number of nitrogens with one attached hydrogen (secondary N) is 1. The summed E-state index contributed by atoms with van der Waals surface area (Å²) in [6, 6.07) is 2.15. The van der Waals surface area contributed by atoms with Gasteiger partial charge in [0.15, 0.2) is 0 Å². The Labute approximate surface area is 106 Å². The summed E-state index contributed by atoms with van der Waals surface area (Å²) >= 11 is 13.6. The molecule has 0 fully saturated rings. The predicted octanol–water partition coefficient (Wildman–Crippen LogP) is 3.51. The molecule has 1 heterocycles. The summed E-state index contributed by atoms with van der Waals surface area (Å²) < 4.78 is 0. The topological polar surface area (TPSA) is 12.0 Å². The van der Waals surface area contributed by atoms with E-state index in [2.05, 4.69) is 29.1 Å². The maximum atomic E-state index is 5.94. The molecule has 1 aromatic heterocycles. The van der Waals surface area contributed by atoms with Crippen LogP contribution in [0.2, 0.25) is 0 Å². The first-order valence-electron chi connectivity index (χ1n) is 5.14. The molecule has 0 amide bonds. The molecule has 0 aliphatic carbocycles. The molecule has 1 aromatic rings. The van der Waals surface area contributed by atoms with E-state index in [1.165, 1.54) is 5.56 Å². The lowest BCUT2D eigenvalue weighted by atomic mass is 10.0. The van der Waals surface area contributed by atoms with Crippen molar-refractivity contribution in [3.8, 4) is 0 Å². The number of thiophene rings is 1. The first-order chi connectivity index (χ1) is 7.26. The molecular weight excluding hydrogens is 249 g/mol. The van der Waals surface area contributed by atoms with Crippen molar-refractivity contribution in [2.45, 2.75) is 25.3 Å². The van der Waals surface area contributed by atoms with Crippen LogP contribution < -0.4 is 5.32 Å². The average molecular weight is 266 g/mol. The number of alkyl halides is 2. The zero-order chi connectivity index (χ0) is 11.1. The van der Waals surface area contributed by atoms with Gasteiger partial charge in [-0.05, 0) is 41.8 Å². The third kappa shape index (κ3) is 3.95. The molecule has 0 aliphatic rings. The molecule has 0 radical (unpaired) electrons. The normalized spacial score (nSPS) is 11.9. The molecule has 0 aromatic carbocycles. The molecular formula is C11H17Cl2NS. The third-order valence-corrected chi connectivity index (χ3v) is 4.44. The van der Waals surface area contributed by atoms with E-state index in [1.54, 1.807) is 11.3 Å².